The molecule has 0 radical (unpaired) electrons. The van der Waals surface area contributed by atoms with Gasteiger partial charge in [-0.05, 0) is 25.7 Å². The topological polar surface area (TPSA) is 323 Å². The van der Waals surface area contributed by atoms with Crippen molar-refractivity contribution in [1.82, 2.24) is 0 Å². The first-order chi connectivity index (χ1) is 15.6. The van der Waals surface area contributed by atoms with Gasteiger partial charge in [0, 0.05) is 0 Å². The Morgan fingerprint density at radius 1 is 0.486 bits per heavy atom. The summed E-state index contributed by atoms with van der Waals surface area (Å²) >= 11 is 0. The molecular formula is C18H34CaO16. The zero-order valence-corrected chi connectivity index (χ0v) is 20.9. The number of carboxylic acids is 2. The molecule has 0 spiro atoms. The fourth-order valence-electron chi connectivity index (χ4n) is 2.36. The van der Waals surface area contributed by atoms with Crippen LogP contribution in [-0.2, 0) is 9.59 Å². The molecule has 16 nitrogen and oxygen atoms in total. The molecule has 17 heteroatoms. The van der Waals surface area contributed by atoms with Crippen LogP contribution in [0.2, 0.25) is 0 Å². The number of aliphatic hydroxyl groups excluding tert-OH is 12. The molecule has 0 aliphatic rings. The largest absolute Gasteiger partial charge is 2.00 e. The van der Waals surface area contributed by atoms with Crippen molar-refractivity contribution >= 4 is 49.7 Å². The van der Waals surface area contributed by atoms with Gasteiger partial charge in [0.25, 0.3) is 0 Å². The molecule has 0 aliphatic heterocycles. The van der Waals surface area contributed by atoms with E-state index in [1.54, 1.807) is 0 Å². The van der Waals surface area contributed by atoms with Crippen LogP contribution in [0.5, 0.6) is 0 Å². The van der Waals surface area contributed by atoms with Crippen LogP contribution in [-0.4, -0.2) is 185 Å². The van der Waals surface area contributed by atoms with Crippen LogP contribution in [0, 0.1) is 0 Å². The van der Waals surface area contributed by atoms with Crippen LogP contribution in [0.1, 0.15) is 25.7 Å². The molecule has 0 saturated carbocycles. The minimum Gasteiger partial charge on any atom is -0.547 e. The monoisotopic (exact) mass is 546 g/mol. The van der Waals surface area contributed by atoms with Crippen LogP contribution in [0.3, 0.4) is 0 Å². The normalized spacial score (nSPS) is 19.8. The first-order valence-electron chi connectivity index (χ1n) is 10.1. The van der Waals surface area contributed by atoms with Crippen molar-refractivity contribution in [2.24, 2.45) is 0 Å². The number of carboxylic acid groups (broad SMARTS) is 2. The minimum absolute atomic E-state index is 0. The summed E-state index contributed by atoms with van der Waals surface area (Å²) in [6, 6.07) is 0. The predicted octanol–water partition coefficient (Wildman–Crippen LogP) is -9.75. The van der Waals surface area contributed by atoms with E-state index in [0.29, 0.717) is 0 Å². The Hall–Kier alpha value is -0.280. The molecule has 0 rings (SSSR count). The third kappa shape index (κ3) is 16.2. The average molecular weight is 547 g/mol. The number of hydrogen-bond donors (Lipinski definition) is 12. The average Bonchev–Trinajstić information content (AvgIpc) is 2.82. The molecule has 12 N–H and O–H groups in total. The second-order valence-electron chi connectivity index (χ2n) is 7.42. The van der Waals surface area contributed by atoms with E-state index in [9.17, 15) is 50.4 Å². The zero-order chi connectivity index (χ0) is 27.2. The molecule has 2 unspecified atom stereocenters. The molecule has 0 fully saturated rings. The van der Waals surface area contributed by atoms with Crippen molar-refractivity contribution in [3.8, 4) is 0 Å². The van der Waals surface area contributed by atoms with Gasteiger partial charge < -0.3 is 81.1 Å². The van der Waals surface area contributed by atoms with Gasteiger partial charge in [-0.2, -0.15) is 0 Å². The van der Waals surface area contributed by atoms with Gasteiger partial charge in [-0.25, -0.2) is 0 Å². The Kier molecular flexibility index (Phi) is 23.3. The van der Waals surface area contributed by atoms with E-state index in [2.05, 4.69) is 0 Å². The number of aliphatic carboxylic acids is 2. The first kappa shape index (κ1) is 39.2. The second kappa shape index (κ2) is 20.7. The van der Waals surface area contributed by atoms with Crippen LogP contribution >= 0.6 is 0 Å². The Morgan fingerprint density at radius 3 is 0.914 bits per heavy atom. The molecule has 10 atom stereocenters. The van der Waals surface area contributed by atoms with Crippen molar-refractivity contribution < 1.29 is 81.1 Å². The Balaban J connectivity index is -0.000000569. The van der Waals surface area contributed by atoms with E-state index in [1.807, 2.05) is 0 Å². The third-order valence-corrected chi connectivity index (χ3v) is 4.67. The summed E-state index contributed by atoms with van der Waals surface area (Å²) in [6.45, 7) is -1.60. The second-order valence-corrected chi connectivity index (χ2v) is 7.42. The van der Waals surface area contributed by atoms with Crippen molar-refractivity contribution in [3.63, 3.8) is 0 Å². The summed E-state index contributed by atoms with van der Waals surface area (Å²) in [6.07, 6.45) is -18.3. The van der Waals surface area contributed by atoms with Crippen molar-refractivity contribution in [3.05, 3.63) is 0 Å². The first-order valence-corrected chi connectivity index (χ1v) is 10.1. The Morgan fingerprint density at radius 2 is 0.714 bits per heavy atom. The predicted molar refractivity (Wildman–Crippen MR) is 108 cm³/mol. The van der Waals surface area contributed by atoms with Gasteiger partial charge >= 0.3 is 37.7 Å². The number of carbonyl (C=O) groups is 2. The molecule has 0 saturated heterocycles. The van der Waals surface area contributed by atoms with Gasteiger partial charge in [-0.15, -0.1) is 0 Å². The van der Waals surface area contributed by atoms with Gasteiger partial charge in [0.2, 0.25) is 0 Å². The number of rotatable bonds is 16. The zero-order valence-electron chi connectivity index (χ0n) is 18.7. The smallest absolute Gasteiger partial charge is 0.547 e. The molecule has 0 heterocycles. The van der Waals surface area contributed by atoms with Crippen molar-refractivity contribution in [2.75, 3.05) is 13.2 Å². The SMILES string of the molecule is O=C([O-])C(O)CC[C@H](O)[C@@H](O)[C@H](O)[C@H](O)CO.O=C([O-])C(O)CC[C@H](O)[C@@H](O)[C@H](O)[C@H](O)CO.[Ca+2]. The quantitative estimate of drug-likeness (QED) is 0.0799. The molecule has 204 valence electrons. The van der Waals surface area contributed by atoms with Crippen molar-refractivity contribution in [2.45, 2.75) is 86.7 Å². The summed E-state index contributed by atoms with van der Waals surface area (Å²) in [4.78, 5) is 20.3. The molecule has 0 aliphatic carbocycles. The molecule has 35 heavy (non-hydrogen) atoms. The fourth-order valence-corrected chi connectivity index (χ4v) is 2.36. The van der Waals surface area contributed by atoms with Crippen molar-refractivity contribution in [1.29, 1.82) is 0 Å². The Labute approximate surface area is 230 Å². The van der Waals surface area contributed by atoms with E-state index in [0.717, 1.165) is 0 Å². The summed E-state index contributed by atoms with van der Waals surface area (Å²) in [7, 11) is 0. The van der Waals surface area contributed by atoms with E-state index >= 15 is 0 Å². The van der Waals surface area contributed by atoms with Gasteiger partial charge in [-0.3, -0.25) is 0 Å². The standard InChI is InChI=1S/2C9H18O8.Ca/c2*10-3-6(13)8(15)7(14)4(11)1-2-5(12)9(16)17;/h2*4-8,10-15H,1-3H2,(H,16,17);/q;;+2/p-2/t2*4-,5?,6+,7+,8+;/m00./s1. The number of carbonyl (C=O) groups excluding carboxylic acids is 2. The minimum atomic E-state index is -1.78. The summed E-state index contributed by atoms with van der Waals surface area (Å²) < 4.78 is 0. The maximum atomic E-state index is 10.1. The molecule has 0 aromatic heterocycles. The fraction of sp³-hybridized carbons (Fsp3) is 0.889. The van der Waals surface area contributed by atoms with E-state index < -0.39 is 86.2 Å². The van der Waals surface area contributed by atoms with Crippen LogP contribution < -0.4 is 10.2 Å². The molecule has 0 aromatic rings. The summed E-state index contributed by atoms with van der Waals surface area (Å²) in [5, 5.41) is 129. The Bertz CT molecular complexity index is 521. The molecule has 0 aromatic carbocycles. The summed E-state index contributed by atoms with van der Waals surface area (Å²) in [5.74, 6) is -3.41. The number of aliphatic hydroxyl groups is 12. The number of hydrogen-bond acceptors (Lipinski definition) is 16. The summed E-state index contributed by atoms with van der Waals surface area (Å²) in [5.41, 5.74) is 0. The third-order valence-electron chi connectivity index (χ3n) is 4.67. The van der Waals surface area contributed by atoms with E-state index in [1.165, 1.54) is 0 Å². The molecular weight excluding hydrogens is 512 g/mol. The van der Waals surface area contributed by atoms with Crippen LogP contribution in [0.15, 0.2) is 0 Å². The van der Waals surface area contributed by atoms with Crippen LogP contribution in [0.4, 0.5) is 0 Å². The van der Waals surface area contributed by atoms with Crippen LogP contribution in [0.25, 0.3) is 0 Å². The maximum absolute atomic E-state index is 10.1. The van der Waals surface area contributed by atoms with Gasteiger partial charge in [0.15, 0.2) is 0 Å². The molecule has 0 bridgehead atoms. The van der Waals surface area contributed by atoms with Gasteiger partial charge in [0.1, 0.15) is 36.6 Å². The van der Waals surface area contributed by atoms with E-state index in [4.69, 9.17) is 30.6 Å². The molecule has 0 amide bonds. The van der Waals surface area contributed by atoms with Gasteiger partial charge in [-0.1, -0.05) is 0 Å². The maximum Gasteiger partial charge on any atom is 2.00 e. The van der Waals surface area contributed by atoms with E-state index in [-0.39, 0.29) is 63.4 Å². The van der Waals surface area contributed by atoms with Gasteiger partial charge in [0.05, 0.1) is 49.6 Å².